The topological polar surface area (TPSA) is 114 Å². The Morgan fingerprint density at radius 3 is 2.74 bits per heavy atom. The van der Waals surface area contributed by atoms with E-state index in [9.17, 15) is 19.3 Å². The lowest BCUT2D eigenvalue weighted by atomic mass is 10.2. The van der Waals surface area contributed by atoms with Gasteiger partial charge in [-0.1, -0.05) is 0 Å². The van der Waals surface area contributed by atoms with Crippen LogP contribution in [0.3, 0.4) is 0 Å². The molecule has 1 aromatic heterocycles. The Morgan fingerprint density at radius 1 is 1.37 bits per heavy atom. The third-order valence-corrected chi connectivity index (χ3v) is 2.35. The van der Waals surface area contributed by atoms with Gasteiger partial charge in [0.15, 0.2) is 5.69 Å². The molecular formula is C11H9FN4O3. The van der Waals surface area contributed by atoms with E-state index >= 15 is 0 Å². The first kappa shape index (κ1) is 12.6. The molecule has 0 aliphatic heterocycles. The van der Waals surface area contributed by atoms with E-state index in [1.807, 2.05) is 0 Å². The van der Waals surface area contributed by atoms with Crippen molar-refractivity contribution in [1.29, 1.82) is 0 Å². The Balaban J connectivity index is 2.20. The lowest BCUT2D eigenvalue weighted by Crippen LogP contribution is -2.13. The molecular weight excluding hydrogens is 255 g/mol. The third kappa shape index (κ3) is 2.68. The van der Waals surface area contributed by atoms with Gasteiger partial charge in [-0.3, -0.25) is 4.79 Å². The van der Waals surface area contributed by atoms with Gasteiger partial charge in [-0.25, -0.2) is 9.37 Å². The van der Waals surface area contributed by atoms with E-state index in [0.29, 0.717) is 0 Å². The van der Waals surface area contributed by atoms with Crippen LogP contribution >= 0.6 is 0 Å². The van der Waals surface area contributed by atoms with Crippen molar-refractivity contribution in [3.8, 4) is 0 Å². The molecule has 0 bridgehead atoms. The van der Waals surface area contributed by atoms with Crippen molar-refractivity contribution >= 4 is 23.1 Å². The number of nitro groups is 1. The van der Waals surface area contributed by atoms with Crippen LogP contribution in [0.2, 0.25) is 0 Å². The monoisotopic (exact) mass is 264 g/mol. The van der Waals surface area contributed by atoms with Crippen LogP contribution in [0, 0.1) is 15.9 Å². The fraction of sp³-hybridized carbons (Fsp3) is 0. The largest absolute Gasteiger partial charge is 0.399 e. The normalized spacial score (nSPS) is 10.2. The summed E-state index contributed by atoms with van der Waals surface area (Å²) in [4.78, 5) is 23.8. The van der Waals surface area contributed by atoms with Gasteiger partial charge in [-0.05, 0) is 29.2 Å². The van der Waals surface area contributed by atoms with Crippen LogP contribution in [0.1, 0.15) is 10.5 Å². The number of H-pyrrole nitrogens is 1. The number of halogens is 1. The molecule has 1 heterocycles. The van der Waals surface area contributed by atoms with Crippen LogP contribution < -0.4 is 11.1 Å². The second-order valence-electron chi connectivity index (χ2n) is 3.71. The van der Waals surface area contributed by atoms with Gasteiger partial charge >= 0.3 is 5.82 Å². The van der Waals surface area contributed by atoms with E-state index in [2.05, 4.69) is 10.3 Å². The quantitative estimate of drug-likeness (QED) is 0.446. The van der Waals surface area contributed by atoms with Crippen molar-refractivity contribution < 1.29 is 14.1 Å². The summed E-state index contributed by atoms with van der Waals surface area (Å²) in [6, 6.07) is 6.10. The molecule has 0 aliphatic rings. The summed E-state index contributed by atoms with van der Waals surface area (Å²) < 4.78 is 13.4. The van der Waals surface area contributed by atoms with Gasteiger partial charge in [-0.2, -0.15) is 0 Å². The molecule has 2 rings (SSSR count). The van der Waals surface area contributed by atoms with Gasteiger partial charge in [0.1, 0.15) is 5.82 Å². The highest BCUT2D eigenvalue weighted by Crippen LogP contribution is 2.19. The predicted octanol–water partition coefficient (Wildman–Crippen LogP) is 1.90. The van der Waals surface area contributed by atoms with Crippen LogP contribution in [0.5, 0.6) is 0 Å². The van der Waals surface area contributed by atoms with Gasteiger partial charge < -0.3 is 21.2 Å². The number of benzene rings is 1. The molecule has 0 fully saturated rings. The number of carbonyl (C=O) groups excluding carboxylic acids is 1. The minimum Gasteiger partial charge on any atom is -0.399 e. The number of rotatable bonds is 3. The smallest absolute Gasteiger partial charge is 0.321 e. The van der Waals surface area contributed by atoms with Crippen molar-refractivity contribution in [2.75, 3.05) is 11.1 Å². The summed E-state index contributed by atoms with van der Waals surface area (Å²) in [5, 5.41) is 12.7. The number of aromatic amines is 1. The molecule has 0 unspecified atom stereocenters. The molecule has 0 aliphatic carbocycles. The minimum atomic E-state index is -0.697. The lowest BCUT2D eigenvalue weighted by molar-refractivity contribution is -0.389. The van der Waals surface area contributed by atoms with Crippen LogP contribution in [0.25, 0.3) is 0 Å². The molecule has 2 aromatic rings. The third-order valence-electron chi connectivity index (χ3n) is 2.35. The van der Waals surface area contributed by atoms with Gasteiger partial charge in [-0.15, -0.1) is 0 Å². The molecule has 0 spiro atoms. The highest BCUT2D eigenvalue weighted by molar-refractivity contribution is 6.03. The number of anilines is 2. The first-order valence-corrected chi connectivity index (χ1v) is 5.17. The van der Waals surface area contributed by atoms with E-state index in [0.717, 1.165) is 12.1 Å². The van der Waals surface area contributed by atoms with Crippen molar-refractivity contribution in [3.63, 3.8) is 0 Å². The SMILES string of the molecule is Nc1ccc(F)c(NC(=O)c2ccc([N+](=O)[O-])[nH]2)c1. The number of hydrogen-bond acceptors (Lipinski definition) is 4. The van der Waals surface area contributed by atoms with Crippen molar-refractivity contribution in [3.05, 3.63) is 52.0 Å². The Labute approximate surface area is 106 Å². The number of nitrogens with zero attached hydrogens (tertiary/aromatic N) is 1. The number of carbonyl (C=O) groups is 1. The summed E-state index contributed by atoms with van der Waals surface area (Å²) in [6.07, 6.45) is 0. The standard InChI is InChI=1S/C11H9FN4O3/c12-7-2-1-6(13)5-9(7)15-11(17)8-3-4-10(14-8)16(18)19/h1-5,14H,13H2,(H,15,17). The predicted molar refractivity (Wildman–Crippen MR) is 66.2 cm³/mol. The summed E-state index contributed by atoms with van der Waals surface area (Å²) in [5.74, 6) is -1.67. The van der Waals surface area contributed by atoms with Crippen molar-refractivity contribution in [2.24, 2.45) is 0 Å². The van der Waals surface area contributed by atoms with Crippen LogP contribution in [-0.2, 0) is 0 Å². The molecule has 4 N–H and O–H groups in total. The highest BCUT2D eigenvalue weighted by atomic mass is 19.1. The first-order valence-electron chi connectivity index (χ1n) is 5.17. The Bertz CT molecular complexity index is 653. The molecule has 0 atom stereocenters. The van der Waals surface area contributed by atoms with Crippen molar-refractivity contribution in [2.45, 2.75) is 0 Å². The molecule has 0 saturated heterocycles. The molecule has 1 aromatic carbocycles. The molecule has 8 heteroatoms. The van der Waals surface area contributed by atoms with E-state index < -0.39 is 16.6 Å². The Hall–Kier alpha value is -2.90. The number of amides is 1. The average molecular weight is 264 g/mol. The maximum absolute atomic E-state index is 13.4. The highest BCUT2D eigenvalue weighted by Gasteiger charge is 2.16. The molecule has 0 radical (unpaired) electrons. The number of nitrogen functional groups attached to an aromatic ring is 1. The molecule has 98 valence electrons. The summed E-state index contributed by atoms with van der Waals surface area (Å²) in [6.45, 7) is 0. The van der Waals surface area contributed by atoms with Gasteiger partial charge in [0.05, 0.1) is 5.69 Å². The molecule has 1 amide bonds. The second kappa shape index (κ2) is 4.77. The van der Waals surface area contributed by atoms with Crippen LogP contribution in [0.15, 0.2) is 30.3 Å². The summed E-state index contributed by atoms with van der Waals surface area (Å²) in [7, 11) is 0. The zero-order chi connectivity index (χ0) is 14.0. The second-order valence-corrected chi connectivity index (χ2v) is 3.71. The van der Waals surface area contributed by atoms with Gasteiger partial charge in [0.2, 0.25) is 0 Å². The Kier molecular flexibility index (Phi) is 3.15. The maximum atomic E-state index is 13.4. The van der Waals surface area contributed by atoms with Gasteiger partial charge in [0, 0.05) is 11.8 Å². The Morgan fingerprint density at radius 2 is 2.11 bits per heavy atom. The van der Waals surface area contributed by atoms with E-state index in [1.54, 1.807) is 0 Å². The van der Waals surface area contributed by atoms with E-state index in [-0.39, 0.29) is 22.9 Å². The van der Waals surface area contributed by atoms with E-state index in [1.165, 1.54) is 18.2 Å². The number of nitrogens with one attached hydrogen (secondary N) is 2. The fourth-order valence-corrected chi connectivity index (χ4v) is 1.45. The number of aromatic nitrogens is 1. The summed E-state index contributed by atoms with van der Waals surface area (Å²) in [5.41, 5.74) is 5.61. The molecule has 19 heavy (non-hydrogen) atoms. The first-order chi connectivity index (χ1) is 8.97. The lowest BCUT2D eigenvalue weighted by Gasteiger charge is -2.04. The number of nitrogens with two attached hydrogens (primary N) is 1. The van der Waals surface area contributed by atoms with Crippen LogP contribution in [-0.4, -0.2) is 15.8 Å². The molecule has 7 nitrogen and oxygen atoms in total. The van der Waals surface area contributed by atoms with Gasteiger partial charge in [0.25, 0.3) is 5.91 Å². The fourth-order valence-electron chi connectivity index (χ4n) is 1.45. The zero-order valence-corrected chi connectivity index (χ0v) is 9.51. The minimum absolute atomic E-state index is 0.0477. The number of hydrogen-bond donors (Lipinski definition) is 3. The summed E-state index contributed by atoms with van der Waals surface area (Å²) >= 11 is 0. The zero-order valence-electron chi connectivity index (χ0n) is 9.51. The van der Waals surface area contributed by atoms with Crippen molar-refractivity contribution in [1.82, 2.24) is 4.98 Å². The maximum Gasteiger partial charge on any atom is 0.321 e. The average Bonchev–Trinajstić information content (AvgIpc) is 2.83. The van der Waals surface area contributed by atoms with Crippen LogP contribution in [0.4, 0.5) is 21.6 Å². The molecule has 0 saturated carbocycles. The van der Waals surface area contributed by atoms with E-state index in [4.69, 9.17) is 5.73 Å².